The van der Waals surface area contributed by atoms with Crippen molar-refractivity contribution in [3.05, 3.63) is 53.7 Å². The summed E-state index contributed by atoms with van der Waals surface area (Å²) in [5.74, 6) is 1.32. The molecule has 2 aromatic heterocycles. The van der Waals surface area contributed by atoms with Crippen LogP contribution in [-0.2, 0) is 13.1 Å². The van der Waals surface area contributed by atoms with E-state index < -0.39 is 0 Å². The number of aromatic nitrogens is 3. The van der Waals surface area contributed by atoms with E-state index in [1.807, 2.05) is 37.3 Å². The van der Waals surface area contributed by atoms with Gasteiger partial charge in [0.05, 0.1) is 6.54 Å². The van der Waals surface area contributed by atoms with Crippen LogP contribution in [0.4, 0.5) is 0 Å². The summed E-state index contributed by atoms with van der Waals surface area (Å²) in [6.45, 7) is 7.49. The third kappa shape index (κ3) is 3.78. The summed E-state index contributed by atoms with van der Waals surface area (Å²) >= 11 is 0. The summed E-state index contributed by atoms with van der Waals surface area (Å²) < 4.78 is 10.4. The van der Waals surface area contributed by atoms with Crippen LogP contribution in [0.5, 0.6) is 0 Å². The van der Waals surface area contributed by atoms with Crippen molar-refractivity contribution in [2.75, 3.05) is 26.2 Å². The molecule has 7 heteroatoms. The smallest absolute Gasteiger partial charge is 0.241 e. The molecule has 1 saturated heterocycles. The largest absolute Gasteiger partial charge is 0.364 e. The van der Waals surface area contributed by atoms with Crippen molar-refractivity contribution in [3.63, 3.8) is 0 Å². The lowest BCUT2D eigenvalue weighted by atomic mass is 10.2. The van der Waals surface area contributed by atoms with Gasteiger partial charge >= 0.3 is 0 Å². The Labute approximate surface area is 146 Å². The van der Waals surface area contributed by atoms with Crippen LogP contribution in [0.25, 0.3) is 11.4 Å². The number of hydrogen-bond acceptors (Lipinski definition) is 7. The van der Waals surface area contributed by atoms with Gasteiger partial charge in [0, 0.05) is 43.9 Å². The van der Waals surface area contributed by atoms with Crippen molar-refractivity contribution in [1.29, 1.82) is 0 Å². The fraction of sp³-hybridized carbons (Fsp3) is 0.389. The van der Waals surface area contributed by atoms with Crippen LogP contribution in [0, 0.1) is 6.92 Å². The van der Waals surface area contributed by atoms with Crippen LogP contribution in [-0.4, -0.2) is 51.3 Å². The highest BCUT2D eigenvalue weighted by molar-refractivity contribution is 5.53. The van der Waals surface area contributed by atoms with Gasteiger partial charge in [-0.3, -0.25) is 9.80 Å². The molecule has 7 nitrogen and oxygen atoms in total. The molecule has 1 aliphatic heterocycles. The summed E-state index contributed by atoms with van der Waals surface area (Å²) in [5, 5.41) is 8.15. The standard InChI is InChI=1S/C18H21N5O2/c1-14-13-24-20-16(14)11-22-7-9-23(10-8-22)12-17-19-18(21-25-17)15-5-3-2-4-6-15/h2-6,13H,7-12H2,1H3. The molecule has 0 aliphatic carbocycles. The van der Waals surface area contributed by atoms with Crippen LogP contribution in [0.15, 0.2) is 45.6 Å². The number of piperazine rings is 1. The first kappa shape index (κ1) is 16.0. The Kier molecular flexibility index (Phi) is 4.58. The van der Waals surface area contributed by atoms with Gasteiger partial charge in [-0.15, -0.1) is 0 Å². The highest BCUT2D eigenvalue weighted by Gasteiger charge is 2.20. The molecule has 3 heterocycles. The summed E-state index contributed by atoms with van der Waals surface area (Å²) in [6.07, 6.45) is 1.70. The van der Waals surface area contributed by atoms with Crippen molar-refractivity contribution < 1.29 is 9.05 Å². The second-order valence-corrected chi connectivity index (χ2v) is 6.37. The van der Waals surface area contributed by atoms with Crippen molar-refractivity contribution in [1.82, 2.24) is 25.1 Å². The molecule has 25 heavy (non-hydrogen) atoms. The molecule has 0 N–H and O–H groups in total. The van der Waals surface area contributed by atoms with E-state index in [0.717, 1.165) is 49.5 Å². The summed E-state index contributed by atoms with van der Waals surface area (Å²) in [4.78, 5) is 9.25. The lowest BCUT2D eigenvalue weighted by Crippen LogP contribution is -2.45. The van der Waals surface area contributed by atoms with Crippen LogP contribution in [0.1, 0.15) is 17.1 Å². The molecular formula is C18H21N5O2. The zero-order valence-corrected chi connectivity index (χ0v) is 14.3. The minimum Gasteiger partial charge on any atom is -0.364 e. The maximum absolute atomic E-state index is 5.41. The Bertz CT molecular complexity index is 806. The average Bonchev–Trinajstić information content (AvgIpc) is 3.27. The molecule has 1 aromatic carbocycles. The summed E-state index contributed by atoms with van der Waals surface area (Å²) in [5.41, 5.74) is 3.12. The van der Waals surface area contributed by atoms with E-state index in [1.165, 1.54) is 0 Å². The predicted molar refractivity (Wildman–Crippen MR) is 91.5 cm³/mol. The minimum atomic E-state index is 0.649. The van der Waals surface area contributed by atoms with Gasteiger partial charge in [0.1, 0.15) is 12.0 Å². The van der Waals surface area contributed by atoms with Crippen LogP contribution < -0.4 is 0 Å². The number of rotatable bonds is 5. The maximum Gasteiger partial charge on any atom is 0.241 e. The number of aryl methyl sites for hydroxylation is 1. The molecule has 0 atom stereocenters. The van der Waals surface area contributed by atoms with Crippen LogP contribution in [0.2, 0.25) is 0 Å². The average molecular weight is 339 g/mol. The molecule has 130 valence electrons. The summed E-state index contributed by atoms with van der Waals surface area (Å²) in [7, 11) is 0. The molecule has 1 fully saturated rings. The Morgan fingerprint density at radius 3 is 2.36 bits per heavy atom. The van der Waals surface area contributed by atoms with Gasteiger partial charge in [-0.05, 0) is 6.92 Å². The van der Waals surface area contributed by atoms with Gasteiger partial charge in [-0.25, -0.2) is 0 Å². The van der Waals surface area contributed by atoms with Crippen molar-refractivity contribution in [2.45, 2.75) is 20.0 Å². The van der Waals surface area contributed by atoms with Crippen molar-refractivity contribution >= 4 is 0 Å². The highest BCUT2D eigenvalue weighted by Crippen LogP contribution is 2.16. The summed E-state index contributed by atoms with van der Waals surface area (Å²) in [6, 6.07) is 9.89. The number of nitrogens with zero attached hydrogens (tertiary/aromatic N) is 5. The maximum atomic E-state index is 5.41. The molecular weight excluding hydrogens is 318 g/mol. The normalized spacial score (nSPS) is 16.4. The first-order valence-electron chi connectivity index (χ1n) is 8.50. The fourth-order valence-corrected chi connectivity index (χ4v) is 2.99. The van der Waals surface area contributed by atoms with Gasteiger partial charge in [0.15, 0.2) is 0 Å². The fourth-order valence-electron chi connectivity index (χ4n) is 2.99. The molecule has 1 aliphatic rings. The second-order valence-electron chi connectivity index (χ2n) is 6.37. The Hall–Kier alpha value is -2.51. The third-order valence-corrected chi connectivity index (χ3v) is 4.54. The number of hydrogen-bond donors (Lipinski definition) is 0. The van der Waals surface area contributed by atoms with Gasteiger partial charge < -0.3 is 9.05 Å². The van der Waals surface area contributed by atoms with Gasteiger partial charge in [-0.1, -0.05) is 40.6 Å². The third-order valence-electron chi connectivity index (χ3n) is 4.54. The van der Waals surface area contributed by atoms with Gasteiger partial charge in [-0.2, -0.15) is 4.98 Å². The number of benzene rings is 1. The zero-order valence-electron chi connectivity index (χ0n) is 14.3. The van der Waals surface area contributed by atoms with E-state index in [9.17, 15) is 0 Å². The van der Waals surface area contributed by atoms with E-state index >= 15 is 0 Å². The zero-order chi connectivity index (χ0) is 17.1. The Balaban J connectivity index is 1.30. The minimum absolute atomic E-state index is 0.649. The molecule has 0 unspecified atom stereocenters. The topological polar surface area (TPSA) is 71.4 Å². The van der Waals surface area contributed by atoms with E-state index in [2.05, 4.69) is 25.1 Å². The van der Waals surface area contributed by atoms with Gasteiger partial charge in [0.2, 0.25) is 11.7 Å². The van der Waals surface area contributed by atoms with E-state index in [4.69, 9.17) is 9.05 Å². The van der Waals surface area contributed by atoms with Crippen molar-refractivity contribution in [2.24, 2.45) is 0 Å². The molecule has 0 bridgehead atoms. The van der Waals surface area contributed by atoms with E-state index in [0.29, 0.717) is 18.3 Å². The highest BCUT2D eigenvalue weighted by atomic mass is 16.5. The SMILES string of the molecule is Cc1conc1CN1CCN(Cc2nc(-c3ccccc3)no2)CC1. The molecule has 3 aromatic rings. The monoisotopic (exact) mass is 339 g/mol. The van der Waals surface area contributed by atoms with Crippen LogP contribution in [0.3, 0.4) is 0 Å². The molecule has 0 amide bonds. The molecule has 0 saturated carbocycles. The molecule has 0 radical (unpaired) electrons. The first-order valence-corrected chi connectivity index (χ1v) is 8.50. The lowest BCUT2D eigenvalue weighted by molar-refractivity contribution is 0.110. The predicted octanol–water partition coefficient (Wildman–Crippen LogP) is 2.35. The second kappa shape index (κ2) is 7.16. The molecule has 4 rings (SSSR count). The van der Waals surface area contributed by atoms with E-state index in [-0.39, 0.29) is 0 Å². The molecule has 0 spiro atoms. The Morgan fingerprint density at radius 2 is 1.68 bits per heavy atom. The lowest BCUT2D eigenvalue weighted by Gasteiger charge is -2.33. The first-order chi connectivity index (χ1) is 12.3. The Morgan fingerprint density at radius 1 is 0.960 bits per heavy atom. The van der Waals surface area contributed by atoms with E-state index in [1.54, 1.807) is 6.26 Å². The quantitative estimate of drug-likeness (QED) is 0.706. The van der Waals surface area contributed by atoms with Gasteiger partial charge in [0.25, 0.3) is 0 Å². The van der Waals surface area contributed by atoms with Crippen molar-refractivity contribution in [3.8, 4) is 11.4 Å². The van der Waals surface area contributed by atoms with Crippen LogP contribution >= 0.6 is 0 Å².